The molecule has 2 heterocycles. The van der Waals surface area contributed by atoms with Crippen molar-refractivity contribution < 1.29 is 4.79 Å². The molecule has 0 aliphatic heterocycles. The molecule has 0 saturated carbocycles. The fraction of sp³-hybridized carbons (Fsp3) is 0.130. The number of hydrogen-bond acceptors (Lipinski definition) is 4. The highest BCUT2D eigenvalue weighted by Gasteiger charge is 2.21. The van der Waals surface area contributed by atoms with Crippen LogP contribution in [0.5, 0.6) is 0 Å². The number of carbonyl (C=O) groups excluding carboxylic acids is 1. The fourth-order valence-electron chi connectivity index (χ4n) is 3.39. The number of nitrogens with one attached hydrogen (secondary N) is 1. The van der Waals surface area contributed by atoms with Gasteiger partial charge in [0.05, 0.1) is 28.7 Å². The lowest BCUT2D eigenvalue weighted by molar-refractivity contribution is 0.0781. The number of aromatic nitrogens is 3. The Bertz CT molecular complexity index is 1250. The average molecular weight is 384 g/mol. The number of aromatic amines is 1. The second kappa shape index (κ2) is 7.67. The van der Waals surface area contributed by atoms with Gasteiger partial charge >= 0.3 is 0 Å². The normalized spacial score (nSPS) is 10.8. The summed E-state index contributed by atoms with van der Waals surface area (Å²) in [5.41, 5.74) is 3.37. The Kier molecular flexibility index (Phi) is 4.91. The summed E-state index contributed by atoms with van der Waals surface area (Å²) in [6.07, 6.45) is 1.71. The van der Waals surface area contributed by atoms with Gasteiger partial charge in [0.1, 0.15) is 5.82 Å². The van der Waals surface area contributed by atoms with Gasteiger partial charge in [0.25, 0.3) is 11.5 Å². The summed E-state index contributed by atoms with van der Waals surface area (Å²) in [5, 5.41) is 0.527. The van der Waals surface area contributed by atoms with E-state index in [1.54, 1.807) is 36.3 Å². The molecule has 0 bridgehead atoms. The van der Waals surface area contributed by atoms with Crippen molar-refractivity contribution in [3.8, 4) is 11.1 Å². The standard InChI is InChI=1S/C23H20N4O2/c1-15-21(17(12-13-24-15)16-8-4-3-5-9-16)23(29)27(2)14-20-25-19-11-7-6-10-18(19)22(28)26-20/h3-13H,14H2,1-2H3,(H,25,26,28). The van der Waals surface area contributed by atoms with Gasteiger partial charge in [-0.25, -0.2) is 4.98 Å². The van der Waals surface area contributed by atoms with Gasteiger partial charge in [0.15, 0.2) is 0 Å². The minimum absolute atomic E-state index is 0.176. The lowest BCUT2D eigenvalue weighted by Gasteiger charge is -2.20. The van der Waals surface area contributed by atoms with E-state index < -0.39 is 0 Å². The van der Waals surface area contributed by atoms with Crippen LogP contribution < -0.4 is 5.56 Å². The van der Waals surface area contributed by atoms with Crippen LogP contribution >= 0.6 is 0 Å². The number of fused-ring (bicyclic) bond motifs is 1. The van der Waals surface area contributed by atoms with Gasteiger partial charge in [-0.2, -0.15) is 0 Å². The van der Waals surface area contributed by atoms with Gasteiger partial charge in [-0.05, 0) is 36.2 Å². The van der Waals surface area contributed by atoms with E-state index in [1.807, 2.05) is 49.4 Å². The van der Waals surface area contributed by atoms with Crippen molar-refractivity contribution in [2.24, 2.45) is 0 Å². The number of nitrogens with zero attached hydrogens (tertiary/aromatic N) is 3. The molecule has 0 saturated heterocycles. The van der Waals surface area contributed by atoms with Crippen molar-refractivity contribution in [1.29, 1.82) is 0 Å². The van der Waals surface area contributed by atoms with Crippen molar-refractivity contribution in [1.82, 2.24) is 19.9 Å². The van der Waals surface area contributed by atoms with E-state index in [2.05, 4.69) is 15.0 Å². The maximum atomic E-state index is 13.3. The van der Waals surface area contributed by atoms with E-state index in [9.17, 15) is 9.59 Å². The number of rotatable bonds is 4. The van der Waals surface area contributed by atoms with Crippen LogP contribution in [-0.4, -0.2) is 32.8 Å². The topological polar surface area (TPSA) is 79.0 Å². The molecule has 144 valence electrons. The number of aryl methyl sites for hydroxylation is 1. The second-order valence-electron chi connectivity index (χ2n) is 6.88. The fourth-order valence-corrected chi connectivity index (χ4v) is 3.39. The largest absolute Gasteiger partial charge is 0.334 e. The monoisotopic (exact) mass is 384 g/mol. The van der Waals surface area contributed by atoms with Crippen molar-refractivity contribution >= 4 is 16.8 Å². The third kappa shape index (κ3) is 3.65. The number of benzene rings is 2. The number of para-hydroxylation sites is 1. The van der Waals surface area contributed by atoms with Crippen LogP contribution in [0, 0.1) is 6.92 Å². The first-order valence-corrected chi connectivity index (χ1v) is 9.29. The first kappa shape index (κ1) is 18.6. The van der Waals surface area contributed by atoms with Crippen LogP contribution in [0.1, 0.15) is 21.9 Å². The zero-order valence-electron chi connectivity index (χ0n) is 16.2. The molecule has 0 aliphatic rings. The van der Waals surface area contributed by atoms with E-state index in [-0.39, 0.29) is 18.0 Å². The summed E-state index contributed by atoms with van der Waals surface area (Å²) in [6, 6.07) is 18.7. The zero-order chi connectivity index (χ0) is 20.4. The van der Waals surface area contributed by atoms with Gasteiger partial charge in [0.2, 0.25) is 0 Å². The molecule has 0 spiro atoms. The lowest BCUT2D eigenvalue weighted by Crippen LogP contribution is -2.29. The van der Waals surface area contributed by atoms with Crippen LogP contribution in [0.2, 0.25) is 0 Å². The van der Waals surface area contributed by atoms with Crippen LogP contribution in [0.4, 0.5) is 0 Å². The quantitative estimate of drug-likeness (QED) is 0.583. The zero-order valence-corrected chi connectivity index (χ0v) is 16.2. The molecule has 6 heteroatoms. The second-order valence-corrected chi connectivity index (χ2v) is 6.88. The highest BCUT2D eigenvalue weighted by atomic mass is 16.2. The Labute approximate surface area is 167 Å². The van der Waals surface area contributed by atoms with Crippen LogP contribution in [0.3, 0.4) is 0 Å². The Morgan fingerprint density at radius 1 is 1.03 bits per heavy atom. The Hall–Kier alpha value is -3.80. The van der Waals surface area contributed by atoms with Crippen molar-refractivity contribution in [2.45, 2.75) is 13.5 Å². The van der Waals surface area contributed by atoms with Crippen LogP contribution in [0.15, 0.2) is 71.7 Å². The molecule has 29 heavy (non-hydrogen) atoms. The molecule has 1 N–H and O–H groups in total. The van der Waals surface area contributed by atoms with Gasteiger partial charge in [-0.1, -0.05) is 42.5 Å². The summed E-state index contributed by atoms with van der Waals surface area (Å²) in [5.74, 6) is 0.262. The first-order chi connectivity index (χ1) is 14.0. The van der Waals surface area contributed by atoms with Crippen molar-refractivity contribution in [3.05, 3.63) is 94.3 Å². The molecule has 6 nitrogen and oxygen atoms in total. The SMILES string of the molecule is Cc1nccc(-c2ccccc2)c1C(=O)N(C)Cc1nc2ccccc2c(=O)[nH]1. The Balaban J connectivity index is 1.68. The Morgan fingerprint density at radius 2 is 1.76 bits per heavy atom. The average Bonchev–Trinajstić information content (AvgIpc) is 2.74. The Morgan fingerprint density at radius 3 is 2.55 bits per heavy atom. The van der Waals surface area contributed by atoms with Gasteiger partial charge in [-0.3, -0.25) is 14.6 Å². The predicted octanol–water partition coefficient (Wildman–Crippen LogP) is 3.57. The minimum atomic E-state index is -0.214. The lowest BCUT2D eigenvalue weighted by atomic mass is 9.98. The first-order valence-electron chi connectivity index (χ1n) is 9.29. The molecule has 2 aromatic carbocycles. The highest BCUT2D eigenvalue weighted by Crippen LogP contribution is 2.26. The highest BCUT2D eigenvalue weighted by molar-refractivity contribution is 6.01. The predicted molar refractivity (Wildman–Crippen MR) is 113 cm³/mol. The third-order valence-corrected chi connectivity index (χ3v) is 4.83. The van der Waals surface area contributed by atoms with Gasteiger partial charge < -0.3 is 9.88 Å². The molecular weight excluding hydrogens is 364 g/mol. The number of pyridine rings is 1. The molecule has 4 rings (SSSR count). The summed E-state index contributed by atoms with van der Waals surface area (Å²) in [7, 11) is 1.69. The van der Waals surface area contributed by atoms with Crippen molar-refractivity contribution in [2.75, 3.05) is 7.05 Å². The van der Waals surface area contributed by atoms with E-state index in [1.165, 1.54) is 0 Å². The summed E-state index contributed by atoms with van der Waals surface area (Å²) < 4.78 is 0. The molecule has 1 amide bonds. The van der Waals surface area contributed by atoms with E-state index >= 15 is 0 Å². The summed E-state index contributed by atoms with van der Waals surface area (Å²) >= 11 is 0. The number of H-pyrrole nitrogens is 1. The smallest absolute Gasteiger partial charge is 0.258 e. The van der Waals surface area contributed by atoms with Crippen molar-refractivity contribution in [3.63, 3.8) is 0 Å². The number of hydrogen-bond donors (Lipinski definition) is 1. The molecule has 0 atom stereocenters. The minimum Gasteiger partial charge on any atom is -0.334 e. The molecule has 2 aromatic heterocycles. The maximum absolute atomic E-state index is 13.3. The van der Waals surface area contributed by atoms with E-state index in [4.69, 9.17) is 0 Å². The van der Waals surface area contributed by atoms with Crippen LogP contribution in [-0.2, 0) is 6.54 Å². The molecular formula is C23H20N4O2. The maximum Gasteiger partial charge on any atom is 0.258 e. The number of carbonyl (C=O) groups is 1. The molecule has 4 aromatic rings. The summed E-state index contributed by atoms with van der Waals surface area (Å²) in [4.78, 5) is 38.7. The van der Waals surface area contributed by atoms with Gasteiger partial charge in [-0.15, -0.1) is 0 Å². The molecule has 0 radical (unpaired) electrons. The molecule has 0 fully saturated rings. The molecule has 0 aliphatic carbocycles. The molecule has 0 unspecified atom stereocenters. The number of amides is 1. The van der Waals surface area contributed by atoms with E-state index in [0.29, 0.717) is 28.0 Å². The van der Waals surface area contributed by atoms with Gasteiger partial charge in [0, 0.05) is 13.2 Å². The van der Waals surface area contributed by atoms with E-state index in [0.717, 1.165) is 11.1 Å². The third-order valence-electron chi connectivity index (χ3n) is 4.83. The van der Waals surface area contributed by atoms with Crippen LogP contribution in [0.25, 0.3) is 22.0 Å². The summed E-state index contributed by atoms with van der Waals surface area (Å²) in [6.45, 7) is 2.01.